The second-order valence-corrected chi connectivity index (χ2v) is 9.14. The van der Waals surface area contributed by atoms with Gasteiger partial charge < -0.3 is 15.0 Å². The van der Waals surface area contributed by atoms with Gasteiger partial charge in [0.1, 0.15) is 6.10 Å². The highest BCUT2D eigenvalue weighted by Crippen LogP contribution is 2.25. The van der Waals surface area contributed by atoms with Gasteiger partial charge in [0, 0.05) is 20.1 Å². The van der Waals surface area contributed by atoms with Crippen molar-refractivity contribution in [1.82, 2.24) is 10.2 Å². The molecule has 0 saturated carbocycles. The van der Waals surface area contributed by atoms with E-state index in [0.717, 1.165) is 31.0 Å². The third-order valence-corrected chi connectivity index (χ3v) is 6.23. The molecule has 0 radical (unpaired) electrons. The molecule has 1 heterocycles. The Morgan fingerprint density at radius 2 is 1.97 bits per heavy atom. The summed E-state index contributed by atoms with van der Waals surface area (Å²) < 4.78 is 28.8. The second-order valence-electron chi connectivity index (χ2n) is 7.58. The maximum Gasteiger partial charge on any atom is 0.238 e. The summed E-state index contributed by atoms with van der Waals surface area (Å²) >= 11 is 0. The number of hydrogen-bond acceptors (Lipinski definition) is 4. The fourth-order valence-corrected chi connectivity index (χ4v) is 4.23. The third-order valence-electron chi connectivity index (χ3n) is 5.30. The van der Waals surface area contributed by atoms with Gasteiger partial charge in [-0.3, -0.25) is 4.99 Å². The van der Waals surface area contributed by atoms with Gasteiger partial charge >= 0.3 is 0 Å². The van der Waals surface area contributed by atoms with E-state index in [2.05, 4.69) is 47.3 Å². The average molecular weight is 431 g/mol. The summed E-state index contributed by atoms with van der Waals surface area (Å²) in [6, 6.07) is 13.1. The number of nitrogens with one attached hydrogen (secondary N) is 1. The molecule has 0 bridgehead atoms. The quantitative estimate of drug-likeness (QED) is 0.560. The van der Waals surface area contributed by atoms with E-state index < -0.39 is 10.0 Å². The fourth-order valence-electron chi connectivity index (χ4n) is 3.71. The summed E-state index contributed by atoms with van der Waals surface area (Å²) in [7, 11) is -1.88. The number of aryl methyl sites for hydroxylation is 2. The van der Waals surface area contributed by atoms with Crippen LogP contribution >= 0.6 is 0 Å². The zero-order valence-corrected chi connectivity index (χ0v) is 18.6. The molecule has 0 aliphatic carbocycles. The first-order chi connectivity index (χ1) is 14.3. The van der Waals surface area contributed by atoms with Crippen LogP contribution in [0.3, 0.4) is 0 Å². The molecule has 1 unspecified atom stereocenters. The number of morpholine rings is 1. The molecule has 8 heteroatoms. The van der Waals surface area contributed by atoms with Crippen LogP contribution in [-0.4, -0.2) is 52.6 Å². The van der Waals surface area contributed by atoms with E-state index >= 15 is 0 Å². The predicted octanol–water partition coefficient (Wildman–Crippen LogP) is 2.14. The van der Waals surface area contributed by atoms with Crippen molar-refractivity contribution >= 4 is 16.0 Å². The number of benzene rings is 2. The third kappa shape index (κ3) is 5.59. The summed E-state index contributed by atoms with van der Waals surface area (Å²) in [6.07, 6.45) is 0.762. The number of rotatable bonds is 5. The van der Waals surface area contributed by atoms with Crippen LogP contribution in [0.25, 0.3) is 0 Å². The molecule has 30 heavy (non-hydrogen) atoms. The first kappa shape index (κ1) is 22.3. The molecule has 0 spiro atoms. The van der Waals surface area contributed by atoms with E-state index in [4.69, 9.17) is 9.88 Å². The van der Waals surface area contributed by atoms with E-state index in [9.17, 15) is 8.42 Å². The van der Waals surface area contributed by atoms with E-state index in [1.54, 1.807) is 19.2 Å². The molecule has 3 rings (SSSR count). The second kappa shape index (κ2) is 9.59. The van der Waals surface area contributed by atoms with Gasteiger partial charge in [-0.05, 0) is 49.1 Å². The molecule has 1 fully saturated rings. The molecule has 0 aromatic heterocycles. The minimum atomic E-state index is -3.66. The molecule has 7 nitrogen and oxygen atoms in total. The summed E-state index contributed by atoms with van der Waals surface area (Å²) in [5.74, 6) is 0.842. The fraction of sp³-hybridized carbons (Fsp3) is 0.409. The van der Waals surface area contributed by atoms with Gasteiger partial charge in [-0.25, -0.2) is 13.6 Å². The molecule has 162 valence electrons. The zero-order chi connectivity index (χ0) is 21.7. The van der Waals surface area contributed by atoms with Crippen molar-refractivity contribution in [2.45, 2.75) is 31.3 Å². The standard InChI is InChI=1S/C22H30N4O3S/c1-16-4-9-20(17(2)14-16)21-15-26(12-13-29-21)22(24-3)25-11-10-18-5-7-19(8-6-18)30(23,27)28/h4-9,14,21H,10-13,15H2,1-3H3,(H,24,25)(H2,23,27,28). The Kier molecular flexibility index (Phi) is 7.12. The summed E-state index contributed by atoms with van der Waals surface area (Å²) in [5.41, 5.74) is 4.74. The average Bonchev–Trinajstić information content (AvgIpc) is 2.71. The Balaban J connectivity index is 1.58. The first-order valence-electron chi connectivity index (χ1n) is 10.0. The molecule has 0 amide bonds. The SMILES string of the molecule is CN=C(NCCc1ccc(S(N)(=O)=O)cc1)N1CCOC(c2ccc(C)cc2C)C1. The van der Waals surface area contributed by atoms with Gasteiger partial charge in [0.2, 0.25) is 10.0 Å². The highest BCUT2D eigenvalue weighted by Gasteiger charge is 2.25. The molecule has 1 aliphatic heterocycles. The van der Waals surface area contributed by atoms with E-state index in [-0.39, 0.29) is 11.0 Å². The first-order valence-corrected chi connectivity index (χ1v) is 11.6. The van der Waals surface area contributed by atoms with Crippen molar-refractivity contribution in [2.24, 2.45) is 10.1 Å². The summed E-state index contributed by atoms with van der Waals surface area (Å²) in [6.45, 7) is 7.08. The molecule has 1 saturated heterocycles. The summed E-state index contributed by atoms with van der Waals surface area (Å²) in [5, 5.41) is 8.55. The van der Waals surface area contributed by atoms with E-state index in [1.807, 2.05) is 0 Å². The lowest BCUT2D eigenvalue weighted by Gasteiger charge is -2.36. The molecular weight excluding hydrogens is 400 g/mol. The normalized spacial score (nSPS) is 17.8. The molecule has 1 atom stereocenters. The monoisotopic (exact) mass is 430 g/mol. The number of nitrogens with two attached hydrogens (primary N) is 1. The van der Waals surface area contributed by atoms with Gasteiger partial charge in [0.05, 0.1) is 18.0 Å². The van der Waals surface area contributed by atoms with Crippen molar-refractivity contribution in [1.29, 1.82) is 0 Å². The zero-order valence-electron chi connectivity index (χ0n) is 17.8. The Morgan fingerprint density at radius 3 is 2.60 bits per heavy atom. The Morgan fingerprint density at radius 1 is 1.23 bits per heavy atom. The van der Waals surface area contributed by atoms with Gasteiger partial charge in [-0.2, -0.15) is 0 Å². The number of sulfonamides is 1. The van der Waals surface area contributed by atoms with Crippen LogP contribution in [0.2, 0.25) is 0 Å². The van der Waals surface area contributed by atoms with Crippen molar-refractivity contribution in [3.8, 4) is 0 Å². The Labute approximate surface area is 179 Å². The molecule has 2 aromatic rings. The van der Waals surface area contributed by atoms with Crippen molar-refractivity contribution < 1.29 is 13.2 Å². The number of ether oxygens (including phenoxy) is 1. The largest absolute Gasteiger partial charge is 0.370 e. The van der Waals surface area contributed by atoms with Crippen molar-refractivity contribution in [3.63, 3.8) is 0 Å². The number of primary sulfonamides is 1. The molecular formula is C22H30N4O3S. The lowest BCUT2D eigenvalue weighted by Crippen LogP contribution is -2.48. The number of hydrogen-bond donors (Lipinski definition) is 2. The van der Waals surface area contributed by atoms with Gasteiger partial charge in [-0.1, -0.05) is 35.9 Å². The highest BCUT2D eigenvalue weighted by atomic mass is 32.2. The van der Waals surface area contributed by atoms with Crippen LogP contribution in [0.4, 0.5) is 0 Å². The maximum absolute atomic E-state index is 11.4. The van der Waals surface area contributed by atoms with Crippen LogP contribution in [0.1, 0.15) is 28.4 Å². The lowest BCUT2D eigenvalue weighted by molar-refractivity contribution is -0.00830. The summed E-state index contributed by atoms with van der Waals surface area (Å²) in [4.78, 5) is 6.78. The minimum absolute atomic E-state index is 0.0173. The van der Waals surface area contributed by atoms with Crippen LogP contribution in [0.15, 0.2) is 52.4 Å². The van der Waals surface area contributed by atoms with Crippen LogP contribution in [0, 0.1) is 13.8 Å². The Bertz CT molecular complexity index is 1000. The predicted molar refractivity (Wildman–Crippen MR) is 119 cm³/mol. The number of nitrogens with zero attached hydrogens (tertiary/aromatic N) is 2. The number of aliphatic imine (C=N–C) groups is 1. The van der Waals surface area contributed by atoms with Crippen LogP contribution in [0.5, 0.6) is 0 Å². The topological polar surface area (TPSA) is 97.0 Å². The van der Waals surface area contributed by atoms with Gasteiger partial charge in [-0.15, -0.1) is 0 Å². The highest BCUT2D eigenvalue weighted by molar-refractivity contribution is 7.89. The maximum atomic E-state index is 11.4. The molecule has 1 aliphatic rings. The number of guanidine groups is 1. The van der Waals surface area contributed by atoms with E-state index in [0.29, 0.717) is 13.2 Å². The van der Waals surface area contributed by atoms with Crippen LogP contribution in [-0.2, 0) is 21.2 Å². The van der Waals surface area contributed by atoms with E-state index in [1.165, 1.54) is 28.8 Å². The smallest absolute Gasteiger partial charge is 0.238 e. The molecule has 3 N–H and O–H groups in total. The lowest BCUT2D eigenvalue weighted by atomic mass is 10.00. The van der Waals surface area contributed by atoms with Crippen LogP contribution < -0.4 is 10.5 Å². The Hall–Kier alpha value is -2.42. The van der Waals surface area contributed by atoms with Gasteiger partial charge in [0.15, 0.2) is 5.96 Å². The molecule has 2 aromatic carbocycles. The minimum Gasteiger partial charge on any atom is -0.370 e. The van der Waals surface area contributed by atoms with Gasteiger partial charge in [0.25, 0.3) is 0 Å². The van der Waals surface area contributed by atoms with Crippen molar-refractivity contribution in [3.05, 3.63) is 64.7 Å². The van der Waals surface area contributed by atoms with Crippen molar-refractivity contribution in [2.75, 3.05) is 33.3 Å².